The fourth-order valence-electron chi connectivity index (χ4n) is 3.39. The Kier molecular flexibility index (Phi) is 5.74. The van der Waals surface area contributed by atoms with E-state index >= 15 is 0 Å². The fraction of sp³-hybridized carbons (Fsp3) is 0.368. The highest BCUT2D eigenvalue weighted by atomic mass is 19.4. The number of nitrogens with zero attached hydrogens (tertiary/aromatic N) is 5. The third-order valence-corrected chi connectivity index (χ3v) is 4.78. The maximum Gasteiger partial charge on any atom is 0.408 e. The summed E-state index contributed by atoms with van der Waals surface area (Å²) in [6.45, 7) is -0.423. The molecular formula is C19H20F3N7O3. The van der Waals surface area contributed by atoms with Gasteiger partial charge < -0.3 is 25.1 Å². The van der Waals surface area contributed by atoms with Crippen LogP contribution in [0, 0.1) is 0 Å². The molecule has 1 atom stereocenters. The predicted octanol–water partition coefficient (Wildman–Crippen LogP) is 1.68. The van der Waals surface area contributed by atoms with Gasteiger partial charge in [0, 0.05) is 25.1 Å². The minimum atomic E-state index is -4.44. The second-order valence-corrected chi connectivity index (χ2v) is 7.11. The van der Waals surface area contributed by atoms with Gasteiger partial charge in [0.1, 0.15) is 42.8 Å². The maximum atomic E-state index is 12.8. The average molecular weight is 451 g/mol. The molecule has 1 aromatic carbocycles. The number of alkyl halides is 3. The Balaban J connectivity index is 1.66. The summed E-state index contributed by atoms with van der Waals surface area (Å²) in [7, 11) is 1.46. The van der Waals surface area contributed by atoms with Crippen LogP contribution in [0.5, 0.6) is 5.75 Å². The van der Waals surface area contributed by atoms with E-state index in [1.165, 1.54) is 7.11 Å². The fourth-order valence-corrected chi connectivity index (χ4v) is 3.39. The Hall–Kier alpha value is -3.61. The number of imidazole rings is 1. The van der Waals surface area contributed by atoms with Gasteiger partial charge in [-0.2, -0.15) is 18.3 Å². The SMILES string of the molecule is COC[C@H](Nc1ccc2c(c1)OCCn1cc(-c3ncnn3CC(F)(F)F)nc1-2)C(N)=O. The van der Waals surface area contributed by atoms with E-state index in [4.69, 9.17) is 15.2 Å². The Bertz CT molecular complexity index is 1130. The lowest BCUT2D eigenvalue weighted by Gasteiger charge is -2.17. The third kappa shape index (κ3) is 4.51. The van der Waals surface area contributed by atoms with Crippen molar-refractivity contribution < 1.29 is 27.4 Å². The number of hydrogen-bond acceptors (Lipinski definition) is 7. The molecule has 170 valence electrons. The van der Waals surface area contributed by atoms with Crippen molar-refractivity contribution in [3.63, 3.8) is 0 Å². The van der Waals surface area contributed by atoms with Gasteiger partial charge in [-0.15, -0.1) is 0 Å². The Morgan fingerprint density at radius 1 is 1.38 bits per heavy atom. The second-order valence-electron chi connectivity index (χ2n) is 7.11. The first-order valence-electron chi connectivity index (χ1n) is 9.59. The van der Waals surface area contributed by atoms with E-state index in [0.717, 1.165) is 11.0 Å². The number of benzene rings is 1. The molecule has 1 aliphatic heterocycles. The van der Waals surface area contributed by atoms with E-state index < -0.39 is 24.7 Å². The van der Waals surface area contributed by atoms with Gasteiger partial charge in [0.15, 0.2) is 5.82 Å². The number of primary amides is 1. The first kappa shape index (κ1) is 21.6. The summed E-state index contributed by atoms with van der Waals surface area (Å²) in [4.78, 5) is 20.0. The number of carbonyl (C=O) groups is 1. The number of amides is 1. The van der Waals surface area contributed by atoms with Crippen LogP contribution in [0.4, 0.5) is 18.9 Å². The molecule has 32 heavy (non-hydrogen) atoms. The van der Waals surface area contributed by atoms with Gasteiger partial charge in [-0.05, 0) is 12.1 Å². The zero-order valence-electron chi connectivity index (χ0n) is 17.0. The number of anilines is 1. The number of nitrogens with one attached hydrogen (secondary N) is 1. The summed E-state index contributed by atoms with van der Waals surface area (Å²) < 4.78 is 51.9. The molecule has 10 nitrogen and oxygen atoms in total. The number of carbonyl (C=O) groups excluding carboxylic acids is 1. The second kappa shape index (κ2) is 8.49. The number of nitrogens with two attached hydrogens (primary N) is 1. The topological polar surface area (TPSA) is 122 Å². The number of methoxy groups -OCH3 is 1. The van der Waals surface area contributed by atoms with Crippen LogP contribution < -0.4 is 15.8 Å². The molecule has 0 radical (unpaired) electrons. The van der Waals surface area contributed by atoms with Gasteiger partial charge in [-0.1, -0.05) is 0 Å². The molecule has 13 heteroatoms. The molecule has 0 unspecified atom stereocenters. The van der Waals surface area contributed by atoms with Gasteiger partial charge in [0.2, 0.25) is 5.91 Å². The van der Waals surface area contributed by atoms with Crippen molar-refractivity contribution in [2.45, 2.75) is 25.3 Å². The van der Waals surface area contributed by atoms with Crippen molar-refractivity contribution in [2.75, 3.05) is 25.6 Å². The van der Waals surface area contributed by atoms with Crippen LogP contribution in [0.15, 0.2) is 30.7 Å². The largest absolute Gasteiger partial charge is 0.491 e. The van der Waals surface area contributed by atoms with Crippen LogP contribution in [-0.2, 0) is 22.6 Å². The van der Waals surface area contributed by atoms with Crippen LogP contribution in [0.25, 0.3) is 22.9 Å². The summed E-state index contributed by atoms with van der Waals surface area (Å²) in [6.07, 6.45) is -1.75. The Morgan fingerprint density at radius 2 is 2.19 bits per heavy atom. The molecule has 0 saturated carbocycles. The lowest BCUT2D eigenvalue weighted by atomic mass is 10.1. The van der Waals surface area contributed by atoms with Gasteiger partial charge >= 0.3 is 6.18 Å². The van der Waals surface area contributed by atoms with Crippen molar-refractivity contribution in [2.24, 2.45) is 5.73 Å². The predicted molar refractivity (Wildman–Crippen MR) is 107 cm³/mol. The minimum Gasteiger partial charge on any atom is -0.491 e. The molecule has 0 aliphatic carbocycles. The van der Waals surface area contributed by atoms with Crippen LogP contribution in [0.3, 0.4) is 0 Å². The normalized spacial score (nSPS) is 14.1. The molecular weight excluding hydrogens is 431 g/mol. The molecule has 0 saturated heterocycles. The maximum absolute atomic E-state index is 12.8. The van der Waals surface area contributed by atoms with E-state index in [2.05, 4.69) is 20.4 Å². The van der Waals surface area contributed by atoms with Crippen LogP contribution in [0.1, 0.15) is 0 Å². The summed E-state index contributed by atoms with van der Waals surface area (Å²) in [5, 5.41) is 6.67. The van der Waals surface area contributed by atoms with E-state index in [0.29, 0.717) is 36.0 Å². The van der Waals surface area contributed by atoms with Crippen molar-refractivity contribution in [1.29, 1.82) is 0 Å². The summed E-state index contributed by atoms with van der Waals surface area (Å²) in [5.41, 5.74) is 6.89. The lowest BCUT2D eigenvalue weighted by Crippen LogP contribution is -2.38. The Labute approximate surface area is 180 Å². The van der Waals surface area contributed by atoms with Gasteiger partial charge in [0.25, 0.3) is 0 Å². The number of aromatic nitrogens is 5. The number of hydrogen-bond donors (Lipinski definition) is 2. The summed E-state index contributed by atoms with van der Waals surface area (Å²) in [5.74, 6) is 0.477. The molecule has 3 N–H and O–H groups in total. The van der Waals surface area contributed by atoms with Gasteiger partial charge in [0.05, 0.1) is 18.7 Å². The van der Waals surface area contributed by atoms with Crippen LogP contribution in [-0.4, -0.2) is 62.8 Å². The van der Waals surface area contributed by atoms with E-state index in [1.807, 2.05) is 0 Å². The van der Waals surface area contributed by atoms with E-state index in [9.17, 15) is 18.0 Å². The minimum absolute atomic E-state index is 0.0209. The van der Waals surface area contributed by atoms with Crippen molar-refractivity contribution in [3.8, 4) is 28.7 Å². The molecule has 3 aromatic rings. The highest BCUT2D eigenvalue weighted by molar-refractivity contribution is 5.83. The first-order valence-corrected chi connectivity index (χ1v) is 9.59. The first-order chi connectivity index (χ1) is 15.2. The molecule has 4 rings (SSSR count). The molecule has 2 aromatic heterocycles. The van der Waals surface area contributed by atoms with Gasteiger partial charge in [-0.3, -0.25) is 4.79 Å². The van der Waals surface area contributed by atoms with Crippen molar-refractivity contribution in [1.82, 2.24) is 24.3 Å². The van der Waals surface area contributed by atoms with Crippen molar-refractivity contribution in [3.05, 3.63) is 30.7 Å². The number of halogens is 3. The smallest absolute Gasteiger partial charge is 0.408 e. The molecule has 3 heterocycles. The zero-order chi connectivity index (χ0) is 22.9. The summed E-state index contributed by atoms with van der Waals surface area (Å²) in [6, 6.07) is 4.45. The van der Waals surface area contributed by atoms with Gasteiger partial charge in [-0.25, -0.2) is 14.6 Å². The molecule has 0 spiro atoms. The molecule has 1 aliphatic rings. The zero-order valence-corrected chi connectivity index (χ0v) is 17.0. The molecule has 0 fully saturated rings. The van der Waals surface area contributed by atoms with E-state index in [-0.39, 0.29) is 18.1 Å². The third-order valence-electron chi connectivity index (χ3n) is 4.78. The summed E-state index contributed by atoms with van der Waals surface area (Å²) >= 11 is 0. The van der Waals surface area contributed by atoms with Crippen molar-refractivity contribution >= 4 is 11.6 Å². The molecule has 0 bridgehead atoms. The van der Waals surface area contributed by atoms with Crippen LogP contribution >= 0.6 is 0 Å². The average Bonchev–Trinajstić information content (AvgIpc) is 3.29. The number of rotatable bonds is 7. The number of fused-ring (bicyclic) bond motifs is 3. The lowest BCUT2D eigenvalue weighted by molar-refractivity contribution is -0.142. The monoisotopic (exact) mass is 451 g/mol. The highest BCUT2D eigenvalue weighted by Crippen LogP contribution is 2.35. The number of ether oxygens (including phenoxy) is 2. The van der Waals surface area contributed by atoms with E-state index in [1.54, 1.807) is 29.0 Å². The van der Waals surface area contributed by atoms with Crippen LogP contribution in [0.2, 0.25) is 0 Å². The quantitative estimate of drug-likeness (QED) is 0.560. The Morgan fingerprint density at radius 3 is 2.91 bits per heavy atom. The standard InChI is InChI=1S/C19H20F3N7O3/c1-31-8-14(16(23)30)26-11-2-3-12-15(6-11)32-5-4-28-7-13(27-17(12)28)18-24-10-25-29(18)9-19(20,21)22/h2-3,6-7,10,14,26H,4-5,8-9H2,1H3,(H2,23,30)/t14-/m0/s1. The highest BCUT2D eigenvalue weighted by Gasteiger charge is 2.31. The molecule has 1 amide bonds.